The number of fused-ring (bicyclic) bond motifs is 1. The van der Waals surface area contributed by atoms with Crippen LogP contribution in [0, 0.1) is 0 Å². The molecule has 3 rings (SSSR count). The first kappa shape index (κ1) is 13.4. The zero-order valence-electron chi connectivity index (χ0n) is 10.4. The van der Waals surface area contributed by atoms with E-state index in [-0.39, 0.29) is 5.91 Å². The number of hydrogen-bond acceptors (Lipinski definition) is 4. The van der Waals surface area contributed by atoms with Gasteiger partial charge in [0.15, 0.2) is 0 Å². The van der Waals surface area contributed by atoms with E-state index in [9.17, 15) is 13.9 Å². The third kappa shape index (κ3) is 2.38. The molecule has 0 saturated carbocycles. The lowest BCUT2D eigenvalue weighted by Crippen LogP contribution is -2.23. The highest BCUT2D eigenvalue weighted by Crippen LogP contribution is 2.56. The molecule has 0 saturated heterocycles. The smallest absolute Gasteiger partial charge is 0.252 e. The fraction of sp³-hybridized carbons (Fsp3) is 0.0714. The summed E-state index contributed by atoms with van der Waals surface area (Å²) < 4.78 is 19.7. The normalized spacial score (nSPS) is 16.7. The number of amides is 1. The highest BCUT2D eigenvalue weighted by atomic mass is 32.3. The molecule has 2 heterocycles. The summed E-state index contributed by atoms with van der Waals surface area (Å²) >= 11 is 1.58. The minimum absolute atomic E-state index is 0.211. The summed E-state index contributed by atoms with van der Waals surface area (Å²) in [6.07, 6.45) is 1.60. The lowest BCUT2D eigenvalue weighted by atomic mass is 10.1. The molecule has 1 amide bonds. The Hall–Kier alpha value is -1.60. The monoisotopic (exact) mass is 307 g/mol. The highest BCUT2D eigenvalue weighted by Gasteiger charge is 2.25. The summed E-state index contributed by atoms with van der Waals surface area (Å²) in [6.45, 7) is 0.472. The van der Waals surface area contributed by atoms with Crippen LogP contribution in [-0.4, -0.2) is 15.0 Å². The maximum absolute atomic E-state index is 12.2. The summed E-state index contributed by atoms with van der Waals surface area (Å²) in [5.74, 6) is -0.211. The Balaban J connectivity index is 1.83. The van der Waals surface area contributed by atoms with E-state index in [1.54, 1.807) is 35.6 Å². The van der Waals surface area contributed by atoms with Crippen molar-refractivity contribution in [3.8, 4) is 0 Å². The van der Waals surface area contributed by atoms with Crippen LogP contribution in [0.3, 0.4) is 0 Å². The zero-order valence-corrected chi connectivity index (χ0v) is 12.1. The van der Waals surface area contributed by atoms with Crippen molar-refractivity contribution in [3.05, 3.63) is 57.1 Å². The Labute approximate surface area is 122 Å². The highest BCUT2D eigenvalue weighted by molar-refractivity contribution is 8.27. The molecule has 3 N–H and O–H groups in total. The SMILES string of the molecule is O=C(NCc1cccs1)c1cccc2c1C=CS2(O)O. The Morgan fingerprint density at radius 2 is 2.10 bits per heavy atom. The molecule has 0 fully saturated rings. The molecule has 1 aliphatic rings. The fourth-order valence-corrected chi connectivity index (χ4v) is 3.99. The van der Waals surface area contributed by atoms with Crippen molar-refractivity contribution in [1.82, 2.24) is 5.32 Å². The van der Waals surface area contributed by atoms with Gasteiger partial charge in [-0.15, -0.1) is 21.9 Å². The van der Waals surface area contributed by atoms with Gasteiger partial charge in [-0.1, -0.05) is 12.1 Å². The molecule has 104 valence electrons. The van der Waals surface area contributed by atoms with Gasteiger partial charge in [-0.3, -0.25) is 13.9 Å². The molecule has 20 heavy (non-hydrogen) atoms. The number of carbonyl (C=O) groups excluding carboxylic acids is 1. The fourth-order valence-electron chi connectivity index (χ4n) is 2.09. The summed E-state index contributed by atoms with van der Waals surface area (Å²) in [6, 6.07) is 8.88. The lowest BCUT2D eigenvalue weighted by Gasteiger charge is -2.25. The quantitative estimate of drug-likeness (QED) is 0.808. The number of rotatable bonds is 3. The van der Waals surface area contributed by atoms with Crippen LogP contribution in [0.5, 0.6) is 0 Å². The van der Waals surface area contributed by atoms with Crippen LogP contribution in [0.2, 0.25) is 0 Å². The van der Waals surface area contributed by atoms with Gasteiger partial charge < -0.3 is 5.32 Å². The first-order chi connectivity index (χ1) is 9.58. The Bertz CT molecular complexity index is 678. The van der Waals surface area contributed by atoms with E-state index >= 15 is 0 Å². The molecule has 1 aromatic carbocycles. The Kier molecular flexibility index (Phi) is 3.39. The van der Waals surface area contributed by atoms with E-state index in [1.807, 2.05) is 17.5 Å². The van der Waals surface area contributed by atoms with Gasteiger partial charge in [0.05, 0.1) is 11.4 Å². The molecule has 0 radical (unpaired) electrons. The van der Waals surface area contributed by atoms with Crippen LogP contribution in [0.25, 0.3) is 6.08 Å². The van der Waals surface area contributed by atoms with Crippen molar-refractivity contribution < 1.29 is 13.9 Å². The van der Waals surface area contributed by atoms with E-state index in [2.05, 4.69) is 5.32 Å². The van der Waals surface area contributed by atoms with Crippen molar-refractivity contribution in [2.24, 2.45) is 0 Å². The van der Waals surface area contributed by atoms with E-state index < -0.39 is 10.6 Å². The number of carbonyl (C=O) groups is 1. The molecular formula is C14H13NO3S2. The van der Waals surface area contributed by atoms with Crippen molar-refractivity contribution in [2.75, 3.05) is 0 Å². The van der Waals surface area contributed by atoms with Crippen molar-refractivity contribution >= 4 is 33.9 Å². The van der Waals surface area contributed by atoms with Crippen molar-refractivity contribution in [1.29, 1.82) is 0 Å². The first-order valence-corrected chi connectivity index (χ1v) is 8.47. The minimum Gasteiger partial charge on any atom is -0.347 e. The molecule has 4 nitrogen and oxygen atoms in total. The molecule has 0 atom stereocenters. The number of thiophene rings is 1. The molecular weight excluding hydrogens is 294 g/mol. The molecule has 1 aromatic heterocycles. The number of hydrogen-bond donors (Lipinski definition) is 3. The van der Waals surface area contributed by atoms with E-state index in [4.69, 9.17) is 0 Å². The number of nitrogens with one attached hydrogen (secondary N) is 1. The van der Waals surface area contributed by atoms with Crippen LogP contribution in [0.1, 0.15) is 20.8 Å². The van der Waals surface area contributed by atoms with E-state index in [0.717, 1.165) is 4.88 Å². The third-order valence-corrected chi connectivity index (χ3v) is 5.46. The molecule has 0 unspecified atom stereocenters. The second kappa shape index (κ2) is 5.06. The van der Waals surface area contributed by atoms with Crippen LogP contribution in [0.15, 0.2) is 46.0 Å². The molecule has 2 aromatic rings. The van der Waals surface area contributed by atoms with Gasteiger partial charge in [0.2, 0.25) is 0 Å². The molecule has 0 spiro atoms. The van der Waals surface area contributed by atoms with E-state index in [0.29, 0.717) is 22.6 Å². The van der Waals surface area contributed by atoms with Gasteiger partial charge in [-0.25, -0.2) is 0 Å². The Morgan fingerprint density at radius 1 is 1.25 bits per heavy atom. The average Bonchev–Trinajstić information content (AvgIpc) is 3.04. The maximum Gasteiger partial charge on any atom is 0.252 e. The predicted molar refractivity (Wildman–Crippen MR) is 82.1 cm³/mol. The second-order valence-electron chi connectivity index (χ2n) is 4.38. The van der Waals surface area contributed by atoms with Gasteiger partial charge in [0, 0.05) is 21.4 Å². The number of benzene rings is 1. The van der Waals surface area contributed by atoms with Crippen LogP contribution in [-0.2, 0) is 6.54 Å². The summed E-state index contributed by atoms with van der Waals surface area (Å²) in [5, 5.41) is 6.15. The minimum atomic E-state index is -2.88. The summed E-state index contributed by atoms with van der Waals surface area (Å²) in [4.78, 5) is 13.7. The molecule has 6 heteroatoms. The van der Waals surface area contributed by atoms with Gasteiger partial charge >= 0.3 is 0 Å². The van der Waals surface area contributed by atoms with Crippen molar-refractivity contribution in [2.45, 2.75) is 11.4 Å². The Morgan fingerprint density at radius 3 is 2.85 bits per heavy atom. The van der Waals surface area contributed by atoms with Gasteiger partial charge in [-0.2, -0.15) is 0 Å². The third-order valence-electron chi connectivity index (χ3n) is 3.06. The zero-order chi connectivity index (χ0) is 14.2. The first-order valence-electron chi connectivity index (χ1n) is 5.98. The predicted octanol–water partition coefficient (Wildman–Crippen LogP) is 3.77. The largest absolute Gasteiger partial charge is 0.347 e. The van der Waals surface area contributed by atoms with Crippen LogP contribution in [0.4, 0.5) is 0 Å². The lowest BCUT2D eigenvalue weighted by molar-refractivity contribution is 0.0951. The summed E-state index contributed by atoms with van der Waals surface area (Å²) in [7, 11) is -2.88. The maximum atomic E-state index is 12.2. The van der Waals surface area contributed by atoms with Crippen LogP contribution >= 0.6 is 21.9 Å². The second-order valence-corrected chi connectivity index (χ2v) is 7.31. The average molecular weight is 307 g/mol. The standard InChI is InChI=1S/C14H13NO3S2/c16-14(15-9-10-3-2-7-19-10)12-4-1-5-13-11(12)6-8-20(13,17)18/h1-8,17-18H,9H2,(H,15,16). The van der Waals surface area contributed by atoms with Gasteiger partial charge in [0.25, 0.3) is 5.91 Å². The van der Waals surface area contributed by atoms with Crippen molar-refractivity contribution in [3.63, 3.8) is 0 Å². The van der Waals surface area contributed by atoms with Gasteiger partial charge in [0.1, 0.15) is 0 Å². The molecule has 0 bridgehead atoms. The van der Waals surface area contributed by atoms with E-state index in [1.165, 1.54) is 5.41 Å². The molecule has 1 aliphatic heterocycles. The summed E-state index contributed by atoms with van der Waals surface area (Å²) in [5.41, 5.74) is 1.06. The topological polar surface area (TPSA) is 69.6 Å². The van der Waals surface area contributed by atoms with Gasteiger partial charge in [-0.05, 0) is 29.7 Å². The van der Waals surface area contributed by atoms with Crippen LogP contribution < -0.4 is 5.32 Å². The molecule has 0 aliphatic carbocycles.